The van der Waals surface area contributed by atoms with Gasteiger partial charge in [-0.2, -0.15) is 18.4 Å². The third-order valence-electron chi connectivity index (χ3n) is 3.53. The molecule has 0 aliphatic heterocycles. The van der Waals surface area contributed by atoms with Gasteiger partial charge in [-0.25, -0.2) is 0 Å². The fraction of sp³-hybridized carbons (Fsp3) is 0.267. The van der Waals surface area contributed by atoms with E-state index in [0.29, 0.717) is 6.07 Å². The van der Waals surface area contributed by atoms with E-state index in [0.717, 1.165) is 24.5 Å². The van der Waals surface area contributed by atoms with Gasteiger partial charge in [0.05, 0.1) is 27.3 Å². The quantitative estimate of drug-likeness (QED) is 0.827. The first kappa shape index (κ1) is 17.1. The van der Waals surface area contributed by atoms with Gasteiger partial charge in [-0.3, -0.25) is 13.8 Å². The smallest absolute Gasteiger partial charge is 0.295 e. The zero-order valence-corrected chi connectivity index (χ0v) is 12.6. The Bertz CT molecular complexity index is 792. The number of nitrogens with zero attached hydrogens (tertiary/aromatic N) is 1. The van der Waals surface area contributed by atoms with E-state index in [1.54, 1.807) is 6.07 Å². The van der Waals surface area contributed by atoms with Crippen LogP contribution in [0.3, 0.4) is 0 Å². The molecule has 1 aliphatic carbocycles. The van der Waals surface area contributed by atoms with Crippen molar-refractivity contribution in [3.8, 4) is 6.07 Å². The fourth-order valence-electron chi connectivity index (χ4n) is 2.38. The Hall–Kier alpha value is -2.27. The highest BCUT2D eigenvalue weighted by atomic mass is 32.2. The topological polar surface area (TPSA) is 75.0 Å². The van der Waals surface area contributed by atoms with Gasteiger partial charge in [0.2, 0.25) is 0 Å². The van der Waals surface area contributed by atoms with Crippen LogP contribution in [0.15, 0.2) is 35.2 Å². The summed E-state index contributed by atoms with van der Waals surface area (Å²) in [4.78, 5) is 24.0. The van der Waals surface area contributed by atoms with Crippen molar-refractivity contribution in [3.05, 3.63) is 46.4 Å². The number of hydrogen-bond donors (Lipinski definition) is 0. The Morgan fingerprint density at radius 1 is 1.30 bits per heavy atom. The van der Waals surface area contributed by atoms with Gasteiger partial charge in [0.1, 0.15) is 0 Å². The Labute approximate surface area is 132 Å². The number of allylic oxidation sites excluding steroid dienone is 2. The lowest BCUT2D eigenvalue weighted by Crippen LogP contribution is -2.41. The van der Waals surface area contributed by atoms with E-state index >= 15 is 0 Å². The summed E-state index contributed by atoms with van der Waals surface area (Å²) in [5.74, 6) is -1.53. The first-order chi connectivity index (χ1) is 10.6. The van der Waals surface area contributed by atoms with Gasteiger partial charge in [0.15, 0.2) is 17.0 Å². The summed E-state index contributed by atoms with van der Waals surface area (Å²) in [7, 11) is -1.83. The Morgan fingerprint density at radius 2 is 1.96 bits per heavy atom. The minimum absolute atomic E-state index is 0.232. The molecule has 0 radical (unpaired) electrons. The van der Waals surface area contributed by atoms with Crippen LogP contribution in [-0.2, 0) is 32.0 Å². The number of alkyl halides is 3. The van der Waals surface area contributed by atoms with Crippen LogP contribution in [0.1, 0.15) is 17.5 Å². The number of rotatable bonds is 2. The van der Waals surface area contributed by atoms with Crippen molar-refractivity contribution in [2.24, 2.45) is 0 Å². The monoisotopic (exact) mass is 341 g/mol. The lowest BCUT2D eigenvalue weighted by atomic mass is 9.71. The predicted molar refractivity (Wildman–Crippen MR) is 75.5 cm³/mol. The molecule has 2 atom stereocenters. The SMILES string of the molecule is CS(=O)C1=CC(=O)CC(C#N)(c2cccc(C(F)(F)F)c2)C1=O. The maximum atomic E-state index is 12.8. The second-order valence-corrected chi connectivity index (χ2v) is 6.38. The van der Waals surface area contributed by atoms with Crippen LogP contribution in [0.25, 0.3) is 0 Å². The molecular weight excluding hydrogens is 331 g/mol. The number of ketones is 2. The number of Topliss-reactive ketones (excluding diaryl/α,β-unsaturated/α-hetero) is 1. The highest BCUT2D eigenvalue weighted by molar-refractivity contribution is 7.89. The van der Waals surface area contributed by atoms with Crippen molar-refractivity contribution in [1.29, 1.82) is 5.26 Å². The average Bonchev–Trinajstić information content (AvgIpc) is 2.48. The molecule has 2 unspecified atom stereocenters. The van der Waals surface area contributed by atoms with E-state index in [1.165, 1.54) is 6.07 Å². The summed E-state index contributed by atoms with van der Waals surface area (Å²) in [5, 5.41) is 9.45. The first-order valence-electron chi connectivity index (χ1n) is 6.33. The number of benzene rings is 1. The van der Waals surface area contributed by atoms with Gasteiger partial charge >= 0.3 is 6.18 Å². The van der Waals surface area contributed by atoms with Crippen LogP contribution in [0, 0.1) is 11.3 Å². The fourth-order valence-corrected chi connectivity index (χ4v) is 3.11. The maximum absolute atomic E-state index is 12.8. The van der Waals surface area contributed by atoms with Crippen molar-refractivity contribution >= 4 is 22.4 Å². The molecule has 23 heavy (non-hydrogen) atoms. The first-order valence-corrected chi connectivity index (χ1v) is 7.89. The van der Waals surface area contributed by atoms with Crippen LogP contribution in [0.4, 0.5) is 13.2 Å². The highest BCUT2D eigenvalue weighted by Gasteiger charge is 2.48. The molecule has 0 fully saturated rings. The third kappa shape index (κ3) is 2.97. The van der Waals surface area contributed by atoms with E-state index in [2.05, 4.69) is 0 Å². The molecule has 1 aromatic rings. The highest BCUT2D eigenvalue weighted by Crippen LogP contribution is 2.38. The molecule has 0 saturated heterocycles. The van der Waals surface area contributed by atoms with Crippen LogP contribution >= 0.6 is 0 Å². The molecular formula is C15H10F3NO3S. The summed E-state index contributed by atoms with van der Waals surface area (Å²) in [6.45, 7) is 0. The van der Waals surface area contributed by atoms with Crippen molar-refractivity contribution in [2.75, 3.05) is 6.26 Å². The minimum atomic E-state index is -4.65. The van der Waals surface area contributed by atoms with E-state index in [1.807, 2.05) is 0 Å². The van der Waals surface area contributed by atoms with Gasteiger partial charge in [-0.05, 0) is 17.7 Å². The number of halogens is 3. The molecule has 0 N–H and O–H groups in total. The Balaban J connectivity index is 2.66. The van der Waals surface area contributed by atoms with Crippen LogP contribution in [-0.4, -0.2) is 22.0 Å². The van der Waals surface area contributed by atoms with Gasteiger partial charge in [0, 0.05) is 18.8 Å². The second-order valence-electron chi connectivity index (χ2n) is 5.03. The van der Waals surface area contributed by atoms with Crippen LogP contribution in [0.2, 0.25) is 0 Å². The average molecular weight is 341 g/mol. The van der Waals surface area contributed by atoms with Crippen molar-refractivity contribution < 1.29 is 27.0 Å². The molecule has 0 saturated carbocycles. The molecule has 1 aromatic carbocycles. The summed E-state index contributed by atoms with van der Waals surface area (Å²) < 4.78 is 50.1. The summed E-state index contributed by atoms with van der Waals surface area (Å²) in [5.41, 5.74) is -3.35. The van der Waals surface area contributed by atoms with Gasteiger partial charge in [-0.1, -0.05) is 12.1 Å². The van der Waals surface area contributed by atoms with Crippen LogP contribution in [0.5, 0.6) is 0 Å². The molecule has 0 spiro atoms. The zero-order chi connectivity index (χ0) is 17.4. The van der Waals surface area contributed by atoms with Crippen molar-refractivity contribution in [2.45, 2.75) is 18.0 Å². The largest absolute Gasteiger partial charge is 0.416 e. The molecule has 0 amide bonds. The minimum Gasteiger partial charge on any atom is -0.295 e. The Kier molecular flexibility index (Phi) is 4.26. The number of carbonyl (C=O) groups excluding carboxylic acids is 2. The van der Waals surface area contributed by atoms with E-state index < -0.39 is 45.9 Å². The summed E-state index contributed by atoms with van der Waals surface area (Å²) >= 11 is 0. The second kappa shape index (κ2) is 5.74. The molecule has 1 aliphatic rings. The summed E-state index contributed by atoms with van der Waals surface area (Å²) in [6, 6.07) is 5.40. The van der Waals surface area contributed by atoms with Crippen molar-refractivity contribution in [3.63, 3.8) is 0 Å². The predicted octanol–water partition coefficient (Wildman–Crippen LogP) is 2.27. The van der Waals surface area contributed by atoms with Gasteiger partial charge < -0.3 is 0 Å². The standard InChI is InChI=1S/C15H10F3NO3S/c1-23(22)12-6-11(20)7-14(8-19,13(12)21)9-3-2-4-10(5-9)15(16,17)18/h2-6H,7H2,1H3. The van der Waals surface area contributed by atoms with E-state index in [-0.39, 0.29) is 10.5 Å². The van der Waals surface area contributed by atoms with Gasteiger partial charge in [-0.15, -0.1) is 0 Å². The zero-order valence-electron chi connectivity index (χ0n) is 11.8. The third-order valence-corrected chi connectivity index (χ3v) is 4.45. The lowest BCUT2D eigenvalue weighted by Gasteiger charge is -2.28. The van der Waals surface area contributed by atoms with Crippen LogP contribution < -0.4 is 0 Å². The molecule has 0 aromatic heterocycles. The van der Waals surface area contributed by atoms with E-state index in [4.69, 9.17) is 0 Å². The number of carbonyl (C=O) groups is 2. The molecule has 0 heterocycles. The molecule has 2 rings (SSSR count). The molecule has 0 bridgehead atoms. The number of hydrogen-bond acceptors (Lipinski definition) is 4. The summed E-state index contributed by atoms with van der Waals surface area (Å²) in [6.07, 6.45) is -3.18. The normalized spacial score (nSPS) is 23.2. The Morgan fingerprint density at radius 3 is 2.48 bits per heavy atom. The van der Waals surface area contributed by atoms with Gasteiger partial charge in [0.25, 0.3) is 0 Å². The molecule has 4 nitrogen and oxygen atoms in total. The number of nitriles is 1. The van der Waals surface area contributed by atoms with Crippen molar-refractivity contribution in [1.82, 2.24) is 0 Å². The maximum Gasteiger partial charge on any atom is 0.416 e. The molecule has 120 valence electrons. The van der Waals surface area contributed by atoms with E-state index in [9.17, 15) is 32.2 Å². The lowest BCUT2D eigenvalue weighted by molar-refractivity contribution is -0.137. The molecule has 8 heteroatoms.